The molecule has 10 heteroatoms. The molecular weight excluding hydrogens is 454 g/mol. The summed E-state index contributed by atoms with van der Waals surface area (Å²) >= 11 is 1.50. The van der Waals surface area contributed by atoms with E-state index in [2.05, 4.69) is 14.8 Å². The third kappa shape index (κ3) is 4.11. The number of imidazole rings is 1. The van der Waals surface area contributed by atoms with Crippen molar-refractivity contribution in [2.75, 3.05) is 7.11 Å². The van der Waals surface area contributed by atoms with Crippen LogP contribution in [0.2, 0.25) is 0 Å². The number of methoxy groups -OCH3 is 1. The number of hydrogen-bond donors (Lipinski definition) is 0. The number of nitro benzene ring substituents is 1. The van der Waals surface area contributed by atoms with Crippen molar-refractivity contribution in [1.29, 1.82) is 0 Å². The Balaban J connectivity index is 1.45. The number of aromatic nitrogens is 4. The highest BCUT2D eigenvalue weighted by molar-refractivity contribution is 7.99. The molecule has 0 spiro atoms. The molecule has 170 valence electrons. The van der Waals surface area contributed by atoms with E-state index in [1.54, 1.807) is 19.2 Å². The van der Waals surface area contributed by atoms with Crippen LogP contribution in [0, 0.1) is 10.1 Å². The maximum absolute atomic E-state index is 10.9. The number of non-ortho nitro benzene ring substituents is 1. The zero-order valence-electron chi connectivity index (χ0n) is 18.3. The van der Waals surface area contributed by atoms with Gasteiger partial charge in [-0.2, -0.15) is 0 Å². The minimum atomic E-state index is -0.448. The van der Waals surface area contributed by atoms with Gasteiger partial charge in [-0.3, -0.25) is 14.7 Å². The van der Waals surface area contributed by atoms with Crippen molar-refractivity contribution in [3.05, 3.63) is 88.8 Å². The third-order valence-electron chi connectivity index (χ3n) is 5.26. The standard InChI is InChI=1S/C24H19N5O4S/c1-15(22-26-27-23(33-22)16-7-9-18(10-8-16)29(30)31)34-24-25-20-5-3-4-6-21(20)28(24)17-11-13-19(32-2)14-12-17/h3-15H,1-2H3. The first-order valence-electron chi connectivity index (χ1n) is 10.4. The number of fused-ring (bicyclic) bond motifs is 1. The molecule has 1 unspecified atom stereocenters. The quantitative estimate of drug-likeness (QED) is 0.165. The van der Waals surface area contributed by atoms with Gasteiger partial charge in [-0.05, 0) is 55.5 Å². The van der Waals surface area contributed by atoms with Gasteiger partial charge in [0.05, 0.1) is 28.3 Å². The minimum absolute atomic E-state index is 0.00449. The zero-order chi connectivity index (χ0) is 23.7. The number of ether oxygens (including phenoxy) is 1. The monoisotopic (exact) mass is 473 g/mol. The summed E-state index contributed by atoms with van der Waals surface area (Å²) in [6, 6.07) is 21.8. The molecule has 0 saturated carbocycles. The Morgan fingerprint density at radius 2 is 1.76 bits per heavy atom. The van der Waals surface area contributed by atoms with Crippen molar-refractivity contribution < 1.29 is 14.1 Å². The Labute approximate surface area is 198 Å². The van der Waals surface area contributed by atoms with Crippen LogP contribution in [0.15, 0.2) is 82.4 Å². The van der Waals surface area contributed by atoms with Gasteiger partial charge >= 0.3 is 0 Å². The van der Waals surface area contributed by atoms with Crippen LogP contribution in [-0.4, -0.2) is 31.8 Å². The van der Waals surface area contributed by atoms with Gasteiger partial charge in [0, 0.05) is 23.4 Å². The summed E-state index contributed by atoms with van der Waals surface area (Å²) in [6.45, 7) is 1.97. The van der Waals surface area contributed by atoms with Gasteiger partial charge in [-0.1, -0.05) is 23.9 Å². The highest BCUT2D eigenvalue weighted by Crippen LogP contribution is 2.38. The van der Waals surface area contributed by atoms with E-state index in [-0.39, 0.29) is 10.9 Å². The summed E-state index contributed by atoms with van der Waals surface area (Å²) in [5, 5.41) is 19.8. The van der Waals surface area contributed by atoms with Gasteiger partial charge in [0.15, 0.2) is 5.16 Å². The number of nitro groups is 1. The van der Waals surface area contributed by atoms with Crippen molar-refractivity contribution >= 4 is 28.5 Å². The summed E-state index contributed by atoms with van der Waals surface area (Å²) in [6.07, 6.45) is 0. The molecule has 0 radical (unpaired) electrons. The summed E-state index contributed by atoms with van der Waals surface area (Å²) in [5.41, 5.74) is 3.45. The van der Waals surface area contributed by atoms with Crippen LogP contribution in [0.4, 0.5) is 5.69 Å². The topological polar surface area (TPSA) is 109 Å². The average molecular weight is 474 g/mol. The van der Waals surface area contributed by atoms with Gasteiger partial charge in [0.25, 0.3) is 5.69 Å². The molecule has 2 aromatic heterocycles. The molecule has 0 saturated heterocycles. The maximum Gasteiger partial charge on any atom is 0.269 e. The van der Waals surface area contributed by atoms with E-state index in [0.29, 0.717) is 17.3 Å². The van der Waals surface area contributed by atoms with Crippen molar-refractivity contribution in [1.82, 2.24) is 19.7 Å². The van der Waals surface area contributed by atoms with Crippen molar-refractivity contribution in [3.8, 4) is 22.9 Å². The molecule has 0 fully saturated rings. The van der Waals surface area contributed by atoms with Crippen LogP contribution < -0.4 is 4.74 Å². The third-order valence-corrected chi connectivity index (χ3v) is 6.30. The second kappa shape index (κ2) is 8.99. The molecule has 0 aliphatic carbocycles. The number of nitrogens with zero attached hydrogens (tertiary/aromatic N) is 5. The summed E-state index contributed by atoms with van der Waals surface area (Å²) in [5.74, 6) is 1.52. The second-order valence-corrected chi connectivity index (χ2v) is 8.73. The van der Waals surface area contributed by atoms with Crippen LogP contribution in [0.5, 0.6) is 5.75 Å². The van der Waals surface area contributed by atoms with Crippen molar-refractivity contribution in [3.63, 3.8) is 0 Å². The summed E-state index contributed by atoms with van der Waals surface area (Å²) in [4.78, 5) is 15.3. The van der Waals surface area contributed by atoms with Gasteiger partial charge in [-0.25, -0.2) is 4.98 Å². The Morgan fingerprint density at radius 3 is 2.47 bits per heavy atom. The number of rotatable bonds is 7. The number of para-hydroxylation sites is 2. The Bertz CT molecular complexity index is 1460. The van der Waals surface area contributed by atoms with Crippen LogP contribution in [0.3, 0.4) is 0 Å². The lowest BCUT2D eigenvalue weighted by Crippen LogP contribution is -1.98. The van der Waals surface area contributed by atoms with Gasteiger partial charge < -0.3 is 9.15 Å². The molecule has 5 aromatic rings. The van der Waals surface area contributed by atoms with Gasteiger partial charge in [0.1, 0.15) is 5.75 Å². The van der Waals surface area contributed by atoms with Gasteiger partial charge in [0.2, 0.25) is 11.8 Å². The fourth-order valence-electron chi connectivity index (χ4n) is 3.51. The van der Waals surface area contributed by atoms with E-state index in [9.17, 15) is 10.1 Å². The Kier molecular flexibility index (Phi) is 5.72. The molecule has 0 bridgehead atoms. The maximum atomic E-state index is 10.9. The average Bonchev–Trinajstić information content (AvgIpc) is 3.49. The zero-order valence-corrected chi connectivity index (χ0v) is 19.1. The van der Waals surface area contributed by atoms with Crippen LogP contribution >= 0.6 is 11.8 Å². The minimum Gasteiger partial charge on any atom is -0.497 e. The summed E-state index contributed by atoms with van der Waals surface area (Å²) < 4.78 is 13.3. The lowest BCUT2D eigenvalue weighted by atomic mass is 10.2. The van der Waals surface area contributed by atoms with E-state index < -0.39 is 4.92 Å². The Morgan fingerprint density at radius 1 is 1.03 bits per heavy atom. The predicted octanol–water partition coefficient (Wildman–Crippen LogP) is 5.85. The van der Waals surface area contributed by atoms with Crippen LogP contribution in [0.1, 0.15) is 18.1 Å². The van der Waals surface area contributed by atoms with Crippen molar-refractivity contribution in [2.24, 2.45) is 0 Å². The molecular formula is C24H19N5O4S. The van der Waals surface area contributed by atoms with E-state index >= 15 is 0 Å². The first-order chi connectivity index (χ1) is 16.5. The SMILES string of the molecule is COc1ccc(-n2c(SC(C)c3nnc(-c4ccc([N+](=O)[O-])cc4)o3)nc3ccccc32)cc1. The predicted molar refractivity (Wildman–Crippen MR) is 128 cm³/mol. The number of benzene rings is 3. The molecule has 0 amide bonds. The molecule has 0 aliphatic rings. The summed E-state index contributed by atoms with van der Waals surface area (Å²) in [7, 11) is 1.64. The highest BCUT2D eigenvalue weighted by atomic mass is 32.2. The number of thioether (sulfide) groups is 1. The number of hydrogen-bond acceptors (Lipinski definition) is 8. The van der Waals surface area contributed by atoms with Gasteiger partial charge in [-0.15, -0.1) is 10.2 Å². The first kappa shape index (κ1) is 21.7. The van der Waals surface area contributed by atoms with Crippen LogP contribution in [-0.2, 0) is 0 Å². The smallest absolute Gasteiger partial charge is 0.269 e. The van der Waals surface area contributed by atoms with E-state index in [0.717, 1.165) is 27.6 Å². The Hall–Kier alpha value is -4.18. The first-order valence-corrected chi connectivity index (χ1v) is 11.3. The van der Waals surface area contributed by atoms with Crippen molar-refractivity contribution in [2.45, 2.75) is 17.3 Å². The largest absolute Gasteiger partial charge is 0.497 e. The fraction of sp³-hybridized carbons (Fsp3) is 0.125. The molecule has 1 atom stereocenters. The highest BCUT2D eigenvalue weighted by Gasteiger charge is 2.21. The normalized spacial score (nSPS) is 12.1. The molecule has 9 nitrogen and oxygen atoms in total. The van der Waals surface area contributed by atoms with Crippen LogP contribution in [0.25, 0.3) is 28.2 Å². The van der Waals surface area contributed by atoms with E-state index in [1.807, 2.05) is 55.5 Å². The molecule has 3 aromatic carbocycles. The van der Waals surface area contributed by atoms with E-state index in [1.165, 1.54) is 23.9 Å². The van der Waals surface area contributed by atoms with E-state index in [4.69, 9.17) is 14.1 Å². The molecule has 0 aliphatic heterocycles. The molecule has 34 heavy (non-hydrogen) atoms. The molecule has 5 rings (SSSR count). The second-order valence-electron chi connectivity index (χ2n) is 7.43. The molecule has 2 heterocycles. The molecule has 0 N–H and O–H groups in total. The lowest BCUT2D eigenvalue weighted by molar-refractivity contribution is -0.384. The lowest BCUT2D eigenvalue weighted by Gasteiger charge is -2.11. The fourth-order valence-corrected chi connectivity index (χ4v) is 4.49.